The molecular formula is C14H21FN2O2S2. The zero-order valence-electron chi connectivity index (χ0n) is 12.1. The SMILES string of the molecule is CCS(=O)(=O)C1CSCCN1c1ccc(F)cc1CCN. The Hall–Kier alpha value is -0.790. The summed E-state index contributed by atoms with van der Waals surface area (Å²) in [4.78, 5) is 1.90. The second-order valence-electron chi connectivity index (χ2n) is 4.99. The zero-order valence-corrected chi connectivity index (χ0v) is 13.7. The third-order valence-corrected chi connectivity index (χ3v) is 6.95. The smallest absolute Gasteiger partial charge is 0.171 e. The highest BCUT2D eigenvalue weighted by Crippen LogP contribution is 2.30. The molecule has 1 atom stereocenters. The minimum Gasteiger partial charge on any atom is -0.353 e. The third-order valence-electron chi connectivity index (χ3n) is 3.67. The van der Waals surface area contributed by atoms with E-state index in [1.807, 2.05) is 4.90 Å². The topological polar surface area (TPSA) is 63.4 Å². The van der Waals surface area contributed by atoms with Crippen molar-refractivity contribution in [1.82, 2.24) is 0 Å². The average Bonchev–Trinajstić information content (AvgIpc) is 2.48. The molecule has 2 N–H and O–H groups in total. The van der Waals surface area contributed by atoms with Crippen LogP contribution in [0.3, 0.4) is 0 Å². The number of nitrogens with two attached hydrogens (primary N) is 1. The van der Waals surface area contributed by atoms with Gasteiger partial charge in [0.2, 0.25) is 0 Å². The van der Waals surface area contributed by atoms with Crippen molar-refractivity contribution in [3.05, 3.63) is 29.6 Å². The first-order chi connectivity index (χ1) is 9.99. The Balaban J connectivity index is 2.42. The first-order valence-corrected chi connectivity index (χ1v) is 9.91. The summed E-state index contributed by atoms with van der Waals surface area (Å²) < 4.78 is 38.1. The molecule has 118 valence electrons. The van der Waals surface area contributed by atoms with Crippen LogP contribution in [0.5, 0.6) is 0 Å². The molecule has 1 aliphatic rings. The molecule has 0 aromatic heterocycles. The van der Waals surface area contributed by atoms with E-state index >= 15 is 0 Å². The fourth-order valence-corrected chi connectivity index (χ4v) is 5.52. The lowest BCUT2D eigenvalue weighted by Gasteiger charge is -2.37. The lowest BCUT2D eigenvalue weighted by molar-refractivity contribution is 0.579. The number of hydrogen-bond donors (Lipinski definition) is 1. The summed E-state index contributed by atoms with van der Waals surface area (Å²) in [6.45, 7) is 2.72. The van der Waals surface area contributed by atoms with Crippen LogP contribution in [0, 0.1) is 5.82 Å². The molecular weight excluding hydrogens is 311 g/mol. The number of anilines is 1. The van der Waals surface area contributed by atoms with Gasteiger partial charge in [-0.15, -0.1) is 0 Å². The van der Waals surface area contributed by atoms with Crippen LogP contribution in [-0.2, 0) is 16.3 Å². The molecule has 0 bridgehead atoms. The van der Waals surface area contributed by atoms with Gasteiger partial charge in [0.25, 0.3) is 0 Å². The summed E-state index contributed by atoms with van der Waals surface area (Å²) in [7, 11) is -3.18. The number of nitrogens with zero attached hydrogens (tertiary/aromatic N) is 1. The van der Waals surface area contributed by atoms with Gasteiger partial charge in [-0.2, -0.15) is 11.8 Å². The van der Waals surface area contributed by atoms with Gasteiger partial charge >= 0.3 is 0 Å². The Labute approximate surface area is 129 Å². The maximum Gasteiger partial charge on any atom is 0.171 e. The van der Waals surface area contributed by atoms with Gasteiger partial charge in [-0.1, -0.05) is 6.92 Å². The predicted octanol–water partition coefficient (Wildman–Crippen LogP) is 1.64. The molecule has 1 saturated heterocycles. The number of sulfone groups is 1. The number of benzene rings is 1. The summed E-state index contributed by atoms with van der Waals surface area (Å²) >= 11 is 1.65. The minimum absolute atomic E-state index is 0.113. The Morgan fingerprint density at radius 2 is 2.24 bits per heavy atom. The van der Waals surface area contributed by atoms with Crippen LogP contribution < -0.4 is 10.6 Å². The van der Waals surface area contributed by atoms with Crippen LogP contribution in [0.25, 0.3) is 0 Å². The number of hydrogen-bond acceptors (Lipinski definition) is 5. The molecule has 1 heterocycles. The summed E-state index contributed by atoms with van der Waals surface area (Å²) in [5, 5.41) is -0.539. The van der Waals surface area contributed by atoms with Crippen molar-refractivity contribution in [2.75, 3.05) is 35.2 Å². The van der Waals surface area contributed by atoms with E-state index in [-0.39, 0.29) is 11.6 Å². The molecule has 0 spiro atoms. The van der Waals surface area contributed by atoms with E-state index in [1.54, 1.807) is 24.8 Å². The van der Waals surface area contributed by atoms with E-state index < -0.39 is 15.2 Å². The van der Waals surface area contributed by atoms with Crippen molar-refractivity contribution in [3.63, 3.8) is 0 Å². The Bertz CT molecular complexity index is 593. The van der Waals surface area contributed by atoms with Gasteiger partial charge in [-0.3, -0.25) is 0 Å². The Kier molecular flexibility index (Phi) is 5.51. The molecule has 1 aromatic rings. The minimum atomic E-state index is -3.18. The van der Waals surface area contributed by atoms with E-state index in [2.05, 4.69) is 0 Å². The van der Waals surface area contributed by atoms with Gasteiger partial charge in [0.1, 0.15) is 11.2 Å². The molecule has 1 aromatic carbocycles. The first kappa shape index (κ1) is 16.6. The van der Waals surface area contributed by atoms with Crippen molar-refractivity contribution in [1.29, 1.82) is 0 Å². The van der Waals surface area contributed by atoms with Crippen molar-refractivity contribution >= 4 is 27.3 Å². The average molecular weight is 332 g/mol. The molecule has 0 radical (unpaired) electrons. The highest BCUT2D eigenvalue weighted by molar-refractivity contribution is 8.01. The van der Waals surface area contributed by atoms with Crippen LogP contribution in [-0.4, -0.2) is 44.1 Å². The molecule has 1 fully saturated rings. The second-order valence-corrected chi connectivity index (χ2v) is 8.58. The maximum atomic E-state index is 13.5. The maximum absolute atomic E-state index is 13.5. The molecule has 21 heavy (non-hydrogen) atoms. The summed E-state index contributed by atoms with van der Waals surface area (Å²) in [6, 6.07) is 4.51. The number of halogens is 1. The fraction of sp³-hybridized carbons (Fsp3) is 0.571. The van der Waals surface area contributed by atoms with Crippen LogP contribution in [0.1, 0.15) is 12.5 Å². The zero-order chi connectivity index (χ0) is 15.5. The molecule has 0 amide bonds. The lowest BCUT2D eigenvalue weighted by atomic mass is 10.1. The molecule has 7 heteroatoms. The fourth-order valence-electron chi connectivity index (χ4n) is 2.54. The van der Waals surface area contributed by atoms with E-state index in [9.17, 15) is 12.8 Å². The number of thioether (sulfide) groups is 1. The summed E-state index contributed by atoms with van der Waals surface area (Å²) in [6.07, 6.45) is 0.537. The monoisotopic (exact) mass is 332 g/mol. The van der Waals surface area contributed by atoms with Crippen LogP contribution in [0.4, 0.5) is 10.1 Å². The molecule has 2 rings (SSSR count). The van der Waals surface area contributed by atoms with Gasteiger partial charge < -0.3 is 10.6 Å². The largest absolute Gasteiger partial charge is 0.353 e. The van der Waals surface area contributed by atoms with E-state index in [4.69, 9.17) is 5.73 Å². The lowest BCUT2D eigenvalue weighted by Crippen LogP contribution is -2.48. The van der Waals surface area contributed by atoms with Crippen LogP contribution in [0.15, 0.2) is 18.2 Å². The second kappa shape index (κ2) is 6.98. The summed E-state index contributed by atoms with van der Waals surface area (Å²) in [5.41, 5.74) is 7.17. The normalized spacial score (nSPS) is 19.8. The molecule has 1 aliphatic heterocycles. The van der Waals surface area contributed by atoms with Crippen LogP contribution >= 0.6 is 11.8 Å². The van der Waals surface area contributed by atoms with Gasteiger partial charge in [-0.25, -0.2) is 12.8 Å². The third kappa shape index (κ3) is 3.70. The highest BCUT2D eigenvalue weighted by atomic mass is 32.2. The molecule has 1 unspecified atom stereocenters. The Morgan fingerprint density at radius 1 is 1.48 bits per heavy atom. The van der Waals surface area contributed by atoms with Crippen molar-refractivity contribution < 1.29 is 12.8 Å². The number of rotatable bonds is 5. The van der Waals surface area contributed by atoms with E-state index in [0.717, 1.165) is 17.0 Å². The van der Waals surface area contributed by atoms with Crippen molar-refractivity contribution in [2.45, 2.75) is 18.7 Å². The predicted molar refractivity (Wildman–Crippen MR) is 87.1 cm³/mol. The highest BCUT2D eigenvalue weighted by Gasteiger charge is 2.33. The molecule has 0 saturated carbocycles. The first-order valence-electron chi connectivity index (χ1n) is 7.04. The Morgan fingerprint density at radius 3 is 2.90 bits per heavy atom. The van der Waals surface area contributed by atoms with Crippen molar-refractivity contribution in [3.8, 4) is 0 Å². The van der Waals surface area contributed by atoms with Crippen molar-refractivity contribution in [2.24, 2.45) is 5.73 Å². The molecule has 4 nitrogen and oxygen atoms in total. The van der Waals surface area contributed by atoms with Gasteiger partial charge in [0.05, 0.1) is 0 Å². The van der Waals surface area contributed by atoms with Gasteiger partial charge in [-0.05, 0) is 36.7 Å². The van der Waals surface area contributed by atoms with Crippen LogP contribution in [0.2, 0.25) is 0 Å². The summed E-state index contributed by atoms with van der Waals surface area (Å²) in [5.74, 6) is 1.22. The standard InChI is InChI=1S/C14H21FN2O2S2/c1-2-21(18,19)14-10-20-8-7-17(14)13-4-3-12(15)9-11(13)5-6-16/h3-4,9,14H,2,5-8,10,16H2,1H3. The quantitative estimate of drug-likeness (QED) is 0.888. The van der Waals surface area contributed by atoms with Gasteiger partial charge in [0.15, 0.2) is 9.84 Å². The van der Waals surface area contributed by atoms with E-state index in [0.29, 0.717) is 25.3 Å². The van der Waals surface area contributed by atoms with E-state index in [1.165, 1.54) is 12.1 Å². The molecule has 0 aliphatic carbocycles. The van der Waals surface area contributed by atoms with Gasteiger partial charge in [0, 0.05) is 29.5 Å².